The van der Waals surface area contributed by atoms with E-state index in [9.17, 15) is 0 Å². The first kappa shape index (κ1) is 9.96. The van der Waals surface area contributed by atoms with Gasteiger partial charge in [0, 0.05) is 18.2 Å². The second kappa shape index (κ2) is 3.97. The quantitative estimate of drug-likeness (QED) is 0.819. The van der Waals surface area contributed by atoms with Gasteiger partial charge in [-0.3, -0.25) is 0 Å². The minimum Gasteiger partial charge on any atom is -0.384 e. The summed E-state index contributed by atoms with van der Waals surface area (Å²) < 4.78 is 1.73. The average molecular weight is 234 g/mol. The Bertz CT molecular complexity index is 502. The van der Waals surface area contributed by atoms with Crippen molar-refractivity contribution in [3.05, 3.63) is 24.0 Å². The van der Waals surface area contributed by atoms with Crippen LogP contribution in [0.25, 0.3) is 5.65 Å². The summed E-state index contributed by atoms with van der Waals surface area (Å²) in [6.07, 6.45) is 4.16. The summed E-state index contributed by atoms with van der Waals surface area (Å²) in [5.41, 5.74) is 7.85. The molecular weight excluding hydrogens is 220 g/mol. The summed E-state index contributed by atoms with van der Waals surface area (Å²) in [6, 6.07) is 3.84. The molecule has 0 saturated carbocycles. The van der Waals surface area contributed by atoms with Gasteiger partial charge in [0.25, 0.3) is 0 Å². The Hall–Kier alpha value is -1.23. The van der Waals surface area contributed by atoms with E-state index in [2.05, 4.69) is 16.1 Å². The molecule has 3 rings (SSSR count). The maximum absolute atomic E-state index is 5.86. The van der Waals surface area contributed by atoms with Gasteiger partial charge < -0.3 is 5.73 Å². The molecule has 1 aliphatic heterocycles. The molecule has 0 aliphatic carbocycles. The number of anilines is 1. The van der Waals surface area contributed by atoms with E-state index in [1.54, 1.807) is 16.8 Å². The van der Waals surface area contributed by atoms with Crippen molar-refractivity contribution < 1.29 is 0 Å². The van der Waals surface area contributed by atoms with Crippen LogP contribution in [0.4, 0.5) is 5.82 Å². The van der Waals surface area contributed by atoms with Crippen LogP contribution in [0.1, 0.15) is 24.5 Å². The third kappa shape index (κ3) is 1.65. The van der Waals surface area contributed by atoms with Crippen LogP contribution in [0.15, 0.2) is 18.3 Å². The fourth-order valence-corrected chi connectivity index (χ4v) is 3.23. The molecule has 2 aromatic heterocycles. The molecule has 84 valence electrons. The summed E-state index contributed by atoms with van der Waals surface area (Å²) in [7, 11) is 0. The van der Waals surface area contributed by atoms with Gasteiger partial charge >= 0.3 is 0 Å². The molecule has 16 heavy (non-hydrogen) atoms. The molecule has 0 amide bonds. The Morgan fingerprint density at radius 2 is 2.19 bits per heavy atom. The topological polar surface area (TPSA) is 56.2 Å². The Kier molecular flexibility index (Phi) is 2.47. The zero-order valence-electron chi connectivity index (χ0n) is 8.97. The monoisotopic (exact) mass is 234 g/mol. The van der Waals surface area contributed by atoms with Crippen LogP contribution >= 0.6 is 11.8 Å². The van der Waals surface area contributed by atoms with Gasteiger partial charge in [0.2, 0.25) is 0 Å². The summed E-state index contributed by atoms with van der Waals surface area (Å²) >= 11 is 2.03. The molecule has 1 aliphatic rings. The summed E-state index contributed by atoms with van der Waals surface area (Å²) in [5, 5.41) is 4.56. The molecule has 1 saturated heterocycles. The highest BCUT2D eigenvalue weighted by molar-refractivity contribution is 7.99. The number of rotatable bonds is 1. The highest BCUT2D eigenvalue weighted by Gasteiger charge is 2.19. The Morgan fingerprint density at radius 3 is 2.94 bits per heavy atom. The van der Waals surface area contributed by atoms with Gasteiger partial charge in [-0.25, -0.2) is 4.98 Å². The van der Waals surface area contributed by atoms with E-state index < -0.39 is 0 Å². The molecule has 1 fully saturated rings. The van der Waals surface area contributed by atoms with Crippen LogP contribution in [-0.4, -0.2) is 26.1 Å². The zero-order chi connectivity index (χ0) is 11.0. The van der Waals surface area contributed by atoms with Crippen molar-refractivity contribution in [3.63, 3.8) is 0 Å². The zero-order valence-corrected chi connectivity index (χ0v) is 9.78. The molecule has 2 aromatic rings. The molecule has 0 aromatic carbocycles. The van der Waals surface area contributed by atoms with Gasteiger partial charge in [0.1, 0.15) is 5.82 Å². The van der Waals surface area contributed by atoms with E-state index in [0.717, 1.165) is 11.3 Å². The molecule has 0 unspecified atom stereocenters. The molecule has 4 nitrogen and oxygen atoms in total. The number of hydrogen-bond donors (Lipinski definition) is 1. The van der Waals surface area contributed by atoms with Gasteiger partial charge in [0.05, 0.1) is 5.69 Å². The average Bonchev–Trinajstić information content (AvgIpc) is 2.76. The Morgan fingerprint density at radius 1 is 1.38 bits per heavy atom. The number of nitrogen functional groups attached to an aromatic ring is 1. The van der Waals surface area contributed by atoms with Crippen molar-refractivity contribution in [1.82, 2.24) is 14.6 Å². The van der Waals surface area contributed by atoms with Crippen molar-refractivity contribution in [2.45, 2.75) is 18.8 Å². The van der Waals surface area contributed by atoms with Crippen LogP contribution in [0, 0.1) is 0 Å². The number of hydrogen-bond acceptors (Lipinski definition) is 4. The predicted molar refractivity (Wildman–Crippen MR) is 66.7 cm³/mol. The fraction of sp³-hybridized carbons (Fsp3) is 0.455. The highest BCUT2D eigenvalue weighted by Crippen LogP contribution is 2.31. The van der Waals surface area contributed by atoms with Crippen molar-refractivity contribution in [1.29, 1.82) is 0 Å². The van der Waals surface area contributed by atoms with Gasteiger partial charge in [-0.2, -0.15) is 21.4 Å². The SMILES string of the molecule is Nc1ccnc2cc(C3CCSCC3)nn12. The number of thioether (sulfide) groups is 1. The van der Waals surface area contributed by atoms with Crippen molar-refractivity contribution >= 4 is 23.2 Å². The molecular formula is C11H14N4S. The molecule has 0 radical (unpaired) electrons. The van der Waals surface area contributed by atoms with Gasteiger partial charge in [0.15, 0.2) is 5.65 Å². The first-order valence-electron chi connectivity index (χ1n) is 5.52. The van der Waals surface area contributed by atoms with Gasteiger partial charge in [-0.15, -0.1) is 0 Å². The third-order valence-electron chi connectivity index (χ3n) is 3.05. The van der Waals surface area contributed by atoms with Crippen molar-refractivity contribution in [3.8, 4) is 0 Å². The van der Waals surface area contributed by atoms with E-state index in [1.165, 1.54) is 24.3 Å². The van der Waals surface area contributed by atoms with Crippen LogP contribution in [-0.2, 0) is 0 Å². The smallest absolute Gasteiger partial charge is 0.157 e. The molecule has 3 heterocycles. The first-order valence-corrected chi connectivity index (χ1v) is 6.68. The number of fused-ring (bicyclic) bond motifs is 1. The molecule has 0 atom stereocenters. The van der Waals surface area contributed by atoms with E-state index in [1.807, 2.05) is 11.8 Å². The number of aromatic nitrogens is 3. The summed E-state index contributed by atoms with van der Waals surface area (Å²) in [6.45, 7) is 0. The first-order chi connectivity index (χ1) is 7.84. The van der Waals surface area contributed by atoms with Gasteiger partial charge in [-0.1, -0.05) is 0 Å². The maximum Gasteiger partial charge on any atom is 0.157 e. The lowest BCUT2D eigenvalue weighted by atomic mass is 9.99. The predicted octanol–water partition coefficient (Wildman–Crippen LogP) is 1.92. The summed E-state index contributed by atoms with van der Waals surface area (Å²) in [4.78, 5) is 4.27. The standard InChI is InChI=1S/C11H14N4S/c12-10-1-4-13-11-7-9(14-15(10)11)8-2-5-16-6-3-8/h1,4,7-8H,2-3,5-6,12H2. The van der Waals surface area contributed by atoms with E-state index in [0.29, 0.717) is 11.7 Å². The summed E-state index contributed by atoms with van der Waals surface area (Å²) in [5.74, 6) is 3.71. The van der Waals surface area contributed by atoms with E-state index >= 15 is 0 Å². The van der Waals surface area contributed by atoms with Crippen LogP contribution in [0.2, 0.25) is 0 Å². The third-order valence-corrected chi connectivity index (χ3v) is 4.09. The van der Waals surface area contributed by atoms with E-state index in [4.69, 9.17) is 5.73 Å². The Labute approximate surface area is 98.2 Å². The molecule has 0 spiro atoms. The van der Waals surface area contributed by atoms with Crippen LogP contribution in [0.5, 0.6) is 0 Å². The van der Waals surface area contributed by atoms with E-state index in [-0.39, 0.29) is 0 Å². The lowest BCUT2D eigenvalue weighted by molar-refractivity contribution is 0.613. The largest absolute Gasteiger partial charge is 0.384 e. The second-order valence-electron chi connectivity index (χ2n) is 4.10. The molecule has 0 bridgehead atoms. The molecule has 2 N–H and O–H groups in total. The van der Waals surface area contributed by atoms with Crippen molar-refractivity contribution in [2.75, 3.05) is 17.2 Å². The van der Waals surface area contributed by atoms with Crippen LogP contribution < -0.4 is 5.73 Å². The normalized spacial score (nSPS) is 18.0. The van der Waals surface area contributed by atoms with Crippen LogP contribution in [0.3, 0.4) is 0 Å². The lowest BCUT2D eigenvalue weighted by Crippen LogP contribution is -2.08. The second-order valence-corrected chi connectivity index (χ2v) is 5.32. The minimum atomic E-state index is 0.586. The van der Waals surface area contributed by atoms with Crippen molar-refractivity contribution in [2.24, 2.45) is 0 Å². The Balaban J connectivity index is 2.01. The fourth-order valence-electron chi connectivity index (χ4n) is 2.12. The minimum absolute atomic E-state index is 0.586. The van der Waals surface area contributed by atoms with Gasteiger partial charge in [-0.05, 0) is 30.4 Å². The maximum atomic E-state index is 5.86. The number of nitrogens with two attached hydrogens (primary N) is 1. The number of nitrogens with zero attached hydrogens (tertiary/aromatic N) is 3. The molecule has 5 heteroatoms. The lowest BCUT2D eigenvalue weighted by Gasteiger charge is -2.18. The highest BCUT2D eigenvalue weighted by atomic mass is 32.2.